The lowest BCUT2D eigenvalue weighted by atomic mass is 10.2. The van der Waals surface area contributed by atoms with Crippen LogP contribution in [0.25, 0.3) is 0 Å². The van der Waals surface area contributed by atoms with Crippen molar-refractivity contribution in [3.05, 3.63) is 27.7 Å². The molecule has 0 spiro atoms. The van der Waals surface area contributed by atoms with Crippen LogP contribution < -0.4 is 10.6 Å². The molecule has 0 aliphatic rings. The molecule has 0 fully saturated rings. The maximum atomic E-state index is 11.5. The van der Waals surface area contributed by atoms with Crippen LogP contribution >= 0.6 is 27.5 Å². The van der Waals surface area contributed by atoms with E-state index >= 15 is 0 Å². The number of carboxylic acid groups (broad SMARTS) is 1. The maximum Gasteiger partial charge on any atom is 0.319 e. The highest BCUT2D eigenvalue weighted by Gasteiger charge is 2.11. The number of benzene rings is 1. The molecule has 1 atom stereocenters. The van der Waals surface area contributed by atoms with Crippen molar-refractivity contribution in [1.29, 1.82) is 0 Å². The van der Waals surface area contributed by atoms with E-state index in [-0.39, 0.29) is 6.42 Å². The van der Waals surface area contributed by atoms with E-state index in [0.29, 0.717) is 15.2 Å². The number of rotatable bonds is 4. The van der Waals surface area contributed by atoms with Crippen LogP contribution in [0.2, 0.25) is 5.02 Å². The average molecular weight is 336 g/mol. The minimum atomic E-state index is -0.961. The predicted octanol–water partition coefficient (Wildman–Crippen LogP) is 3.09. The molecule has 0 aliphatic heterocycles. The van der Waals surface area contributed by atoms with Gasteiger partial charge in [-0.2, -0.15) is 0 Å². The van der Waals surface area contributed by atoms with Crippen LogP contribution in [0, 0.1) is 0 Å². The Balaban J connectivity index is 2.54. The normalized spacial score (nSPS) is 11.7. The molecule has 0 heterocycles. The Morgan fingerprint density at radius 1 is 1.50 bits per heavy atom. The number of urea groups is 1. The molecule has 3 N–H and O–H groups in total. The first-order valence-corrected chi connectivity index (χ1v) is 6.30. The third-order valence-corrected chi connectivity index (χ3v) is 3.25. The molecular weight excluding hydrogens is 323 g/mol. The summed E-state index contributed by atoms with van der Waals surface area (Å²) in [5, 5.41) is 14.2. The minimum Gasteiger partial charge on any atom is -0.481 e. The number of halogens is 2. The van der Waals surface area contributed by atoms with Crippen molar-refractivity contribution in [2.45, 2.75) is 19.4 Å². The summed E-state index contributed by atoms with van der Waals surface area (Å²) in [5.74, 6) is -0.961. The molecule has 5 nitrogen and oxygen atoms in total. The van der Waals surface area contributed by atoms with Crippen molar-refractivity contribution in [2.75, 3.05) is 5.32 Å². The molecule has 0 aliphatic carbocycles. The Kier molecular flexibility index (Phi) is 5.43. The van der Waals surface area contributed by atoms with Crippen LogP contribution in [0.15, 0.2) is 22.7 Å². The Hall–Kier alpha value is -1.27. The largest absolute Gasteiger partial charge is 0.481 e. The number of carboxylic acids is 1. The highest BCUT2D eigenvalue weighted by atomic mass is 79.9. The highest BCUT2D eigenvalue weighted by molar-refractivity contribution is 9.10. The standard InChI is InChI=1S/C11H12BrClN2O3/c1-6(4-10(16)17)14-11(18)15-7-2-3-9(13)8(12)5-7/h2-3,5-6H,4H2,1H3,(H,16,17)(H2,14,15,18). The lowest BCUT2D eigenvalue weighted by Gasteiger charge is -2.12. The van der Waals surface area contributed by atoms with Crippen LogP contribution in [0.3, 0.4) is 0 Å². The van der Waals surface area contributed by atoms with Gasteiger partial charge in [-0.3, -0.25) is 4.79 Å². The second-order valence-corrected chi connectivity index (χ2v) is 4.99. The summed E-state index contributed by atoms with van der Waals surface area (Å²) in [6.07, 6.45) is -0.127. The molecule has 7 heteroatoms. The van der Waals surface area contributed by atoms with E-state index in [0.717, 1.165) is 0 Å². The lowest BCUT2D eigenvalue weighted by molar-refractivity contribution is -0.137. The van der Waals surface area contributed by atoms with E-state index in [1.807, 2.05) is 0 Å². The van der Waals surface area contributed by atoms with Gasteiger partial charge >= 0.3 is 12.0 Å². The van der Waals surface area contributed by atoms with Crippen LogP contribution in [-0.4, -0.2) is 23.1 Å². The molecule has 0 aromatic heterocycles. The van der Waals surface area contributed by atoms with Gasteiger partial charge in [-0.1, -0.05) is 11.6 Å². The fourth-order valence-corrected chi connectivity index (χ4v) is 1.77. The van der Waals surface area contributed by atoms with Crippen molar-refractivity contribution < 1.29 is 14.7 Å². The first-order chi connectivity index (χ1) is 8.38. The quantitative estimate of drug-likeness (QED) is 0.791. The van der Waals surface area contributed by atoms with Gasteiger partial charge < -0.3 is 15.7 Å². The molecule has 1 aromatic carbocycles. The summed E-state index contributed by atoms with van der Waals surface area (Å²) in [7, 11) is 0. The molecule has 0 radical (unpaired) electrons. The third kappa shape index (κ3) is 4.93. The molecule has 2 amide bonds. The zero-order chi connectivity index (χ0) is 13.7. The molecule has 0 saturated heterocycles. The molecule has 98 valence electrons. The first kappa shape index (κ1) is 14.8. The second kappa shape index (κ2) is 6.61. The fraction of sp³-hybridized carbons (Fsp3) is 0.273. The summed E-state index contributed by atoms with van der Waals surface area (Å²) in [6.45, 7) is 1.62. The van der Waals surface area contributed by atoms with Gasteiger partial charge in [-0.15, -0.1) is 0 Å². The molecule has 0 bridgehead atoms. The van der Waals surface area contributed by atoms with E-state index in [2.05, 4.69) is 26.6 Å². The minimum absolute atomic E-state index is 0.127. The Morgan fingerprint density at radius 2 is 2.17 bits per heavy atom. The van der Waals surface area contributed by atoms with Crippen LogP contribution in [-0.2, 0) is 4.79 Å². The Morgan fingerprint density at radius 3 is 2.72 bits per heavy atom. The smallest absolute Gasteiger partial charge is 0.319 e. The maximum absolute atomic E-state index is 11.5. The van der Waals surface area contributed by atoms with Crippen LogP contribution in [0.5, 0.6) is 0 Å². The summed E-state index contributed by atoms with van der Waals surface area (Å²) >= 11 is 9.06. The average Bonchev–Trinajstić information content (AvgIpc) is 2.21. The number of aliphatic carboxylic acids is 1. The SMILES string of the molecule is CC(CC(=O)O)NC(=O)Nc1ccc(Cl)c(Br)c1. The number of hydrogen-bond donors (Lipinski definition) is 3. The Labute approximate surface area is 118 Å². The van der Waals surface area contributed by atoms with Crippen molar-refractivity contribution in [3.8, 4) is 0 Å². The number of amides is 2. The van der Waals surface area contributed by atoms with Gasteiger partial charge in [0, 0.05) is 16.2 Å². The summed E-state index contributed by atoms with van der Waals surface area (Å²) in [4.78, 5) is 22.0. The van der Waals surface area contributed by atoms with Gasteiger partial charge in [0.05, 0.1) is 11.4 Å². The number of nitrogens with one attached hydrogen (secondary N) is 2. The van der Waals surface area contributed by atoms with Crippen molar-refractivity contribution >= 4 is 45.2 Å². The molecule has 1 unspecified atom stereocenters. The van der Waals surface area contributed by atoms with Gasteiger partial charge in [0.25, 0.3) is 0 Å². The number of anilines is 1. The summed E-state index contributed by atoms with van der Waals surface area (Å²) in [5.41, 5.74) is 0.561. The van der Waals surface area contributed by atoms with E-state index in [1.165, 1.54) is 0 Å². The lowest BCUT2D eigenvalue weighted by Crippen LogP contribution is -2.37. The van der Waals surface area contributed by atoms with Crippen LogP contribution in [0.4, 0.5) is 10.5 Å². The monoisotopic (exact) mass is 334 g/mol. The van der Waals surface area contributed by atoms with Crippen molar-refractivity contribution in [2.24, 2.45) is 0 Å². The second-order valence-electron chi connectivity index (χ2n) is 3.73. The van der Waals surface area contributed by atoms with Crippen molar-refractivity contribution in [3.63, 3.8) is 0 Å². The zero-order valence-corrected chi connectivity index (χ0v) is 11.9. The van der Waals surface area contributed by atoms with E-state index in [9.17, 15) is 9.59 Å². The molecular formula is C11H12BrClN2O3. The van der Waals surface area contributed by atoms with E-state index in [4.69, 9.17) is 16.7 Å². The molecule has 18 heavy (non-hydrogen) atoms. The third-order valence-electron chi connectivity index (χ3n) is 2.04. The number of hydrogen-bond acceptors (Lipinski definition) is 2. The molecule has 0 saturated carbocycles. The zero-order valence-electron chi connectivity index (χ0n) is 9.54. The Bertz CT molecular complexity index is 468. The predicted molar refractivity (Wildman–Crippen MR) is 73.0 cm³/mol. The first-order valence-electron chi connectivity index (χ1n) is 5.13. The summed E-state index contributed by atoms with van der Waals surface area (Å²) in [6, 6.07) is 4.04. The fourth-order valence-electron chi connectivity index (χ4n) is 1.28. The number of carbonyl (C=O) groups is 2. The highest BCUT2D eigenvalue weighted by Crippen LogP contribution is 2.25. The van der Waals surface area contributed by atoms with Gasteiger partial charge in [0.2, 0.25) is 0 Å². The van der Waals surface area contributed by atoms with E-state index in [1.54, 1.807) is 25.1 Å². The van der Waals surface area contributed by atoms with Crippen LogP contribution in [0.1, 0.15) is 13.3 Å². The van der Waals surface area contributed by atoms with E-state index < -0.39 is 18.0 Å². The van der Waals surface area contributed by atoms with Gasteiger partial charge in [-0.05, 0) is 41.1 Å². The summed E-state index contributed by atoms with van der Waals surface area (Å²) < 4.78 is 0.667. The van der Waals surface area contributed by atoms with Gasteiger partial charge in [0.15, 0.2) is 0 Å². The number of carbonyl (C=O) groups excluding carboxylic acids is 1. The molecule has 1 rings (SSSR count). The van der Waals surface area contributed by atoms with Gasteiger partial charge in [0.1, 0.15) is 0 Å². The molecule has 1 aromatic rings. The topological polar surface area (TPSA) is 78.4 Å². The van der Waals surface area contributed by atoms with Gasteiger partial charge in [-0.25, -0.2) is 4.79 Å². The van der Waals surface area contributed by atoms with Crippen molar-refractivity contribution in [1.82, 2.24) is 5.32 Å².